The molecule has 0 saturated carbocycles. The standard InChI is InChI=1S/C20H22ClN5/c1-14-13-26(19(24-14)12-23-25(2)3)18-11-16(21)9-10-17(18)20(22)15-7-5-4-6-8-15/h4-13,20H,22H2,1-3H3. The van der Waals surface area contributed by atoms with Crippen LogP contribution >= 0.6 is 11.6 Å². The van der Waals surface area contributed by atoms with Gasteiger partial charge >= 0.3 is 0 Å². The van der Waals surface area contributed by atoms with Crippen molar-refractivity contribution < 1.29 is 0 Å². The maximum absolute atomic E-state index is 6.56. The van der Waals surface area contributed by atoms with Gasteiger partial charge in [-0.3, -0.25) is 4.57 Å². The van der Waals surface area contributed by atoms with Crippen LogP contribution in [0.25, 0.3) is 5.69 Å². The highest BCUT2D eigenvalue weighted by Gasteiger charge is 2.17. The molecule has 26 heavy (non-hydrogen) atoms. The second kappa shape index (κ2) is 7.72. The van der Waals surface area contributed by atoms with Gasteiger partial charge in [-0.05, 0) is 30.2 Å². The molecule has 2 N–H and O–H groups in total. The lowest BCUT2D eigenvalue weighted by Gasteiger charge is -2.18. The molecule has 1 aromatic heterocycles. The molecule has 134 valence electrons. The molecule has 0 radical (unpaired) electrons. The van der Waals surface area contributed by atoms with E-state index < -0.39 is 0 Å². The third-order valence-corrected chi connectivity index (χ3v) is 4.24. The average molecular weight is 368 g/mol. The zero-order chi connectivity index (χ0) is 18.7. The Labute approximate surface area is 158 Å². The Bertz CT molecular complexity index is 915. The van der Waals surface area contributed by atoms with E-state index in [2.05, 4.69) is 10.1 Å². The lowest BCUT2D eigenvalue weighted by molar-refractivity contribution is 0.440. The number of nitrogens with zero attached hydrogens (tertiary/aromatic N) is 4. The second-order valence-electron chi connectivity index (χ2n) is 6.29. The normalized spacial score (nSPS) is 12.5. The van der Waals surface area contributed by atoms with E-state index in [4.69, 9.17) is 17.3 Å². The molecule has 2 aromatic carbocycles. The van der Waals surface area contributed by atoms with Crippen LogP contribution in [0.3, 0.4) is 0 Å². The summed E-state index contributed by atoms with van der Waals surface area (Å²) in [4.78, 5) is 4.56. The van der Waals surface area contributed by atoms with E-state index in [-0.39, 0.29) is 6.04 Å². The minimum Gasteiger partial charge on any atom is -0.320 e. The summed E-state index contributed by atoms with van der Waals surface area (Å²) in [6.45, 7) is 1.95. The van der Waals surface area contributed by atoms with E-state index in [9.17, 15) is 0 Å². The van der Waals surface area contributed by atoms with E-state index in [1.807, 2.05) is 80.3 Å². The summed E-state index contributed by atoms with van der Waals surface area (Å²) in [7, 11) is 3.74. The van der Waals surface area contributed by atoms with Crippen LogP contribution < -0.4 is 5.73 Å². The highest BCUT2D eigenvalue weighted by Crippen LogP contribution is 2.29. The van der Waals surface area contributed by atoms with Crippen molar-refractivity contribution in [2.75, 3.05) is 14.1 Å². The van der Waals surface area contributed by atoms with E-state index in [0.29, 0.717) is 5.02 Å². The number of hydrogen-bond acceptors (Lipinski definition) is 4. The van der Waals surface area contributed by atoms with Crippen molar-refractivity contribution in [3.8, 4) is 5.69 Å². The molecule has 0 aliphatic heterocycles. The highest BCUT2D eigenvalue weighted by atomic mass is 35.5. The van der Waals surface area contributed by atoms with Gasteiger partial charge in [-0.15, -0.1) is 0 Å². The first-order valence-corrected chi connectivity index (χ1v) is 8.71. The van der Waals surface area contributed by atoms with Gasteiger partial charge in [0, 0.05) is 25.3 Å². The number of hydrogen-bond donors (Lipinski definition) is 1. The smallest absolute Gasteiger partial charge is 0.157 e. The van der Waals surface area contributed by atoms with Crippen LogP contribution in [-0.2, 0) is 0 Å². The molecule has 3 aromatic rings. The first-order chi connectivity index (χ1) is 12.5. The number of nitrogens with two attached hydrogens (primary N) is 1. The van der Waals surface area contributed by atoms with Crippen molar-refractivity contribution in [3.05, 3.63) is 82.4 Å². The van der Waals surface area contributed by atoms with Crippen molar-refractivity contribution in [3.63, 3.8) is 0 Å². The molecule has 0 bridgehead atoms. The fraction of sp³-hybridized carbons (Fsp3) is 0.200. The summed E-state index contributed by atoms with van der Waals surface area (Å²) in [6.07, 6.45) is 3.69. The van der Waals surface area contributed by atoms with Crippen LogP contribution in [-0.4, -0.2) is 34.9 Å². The first kappa shape index (κ1) is 18.2. The summed E-state index contributed by atoms with van der Waals surface area (Å²) >= 11 is 6.29. The van der Waals surface area contributed by atoms with Crippen molar-refractivity contribution in [1.29, 1.82) is 0 Å². The van der Waals surface area contributed by atoms with Gasteiger partial charge in [-0.1, -0.05) is 48.0 Å². The third-order valence-electron chi connectivity index (χ3n) is 4.00. The van der Waals surface area contributed by atoms with Gasteiger partial charge in [-0.2, -0.15) is 5.10 Å². The monoisotopic (exact) mass is 367 g/mol. The Kier molecular flexibility index (Phi) is 5.40. The number of aromatic nitrogens is 2. The molecule has 0 aliphatic carbocycles. The zero-order valence-corrected chi connectivity index (χ0v) is 15.9. The Morgan fingerprint density at radius 3 is 2.62 bits per heavy atom. The number of hydrazone groups is 1. The van der Waals surface area contributed by atoms with Gasteiger partial charge in [0.1, 0.15) is 0 Å². The number of aryl methyl sites for hydroxylation is 1. The molecule has 1 atom stereocenters. The van der Waals surface area contributed by atoms with E-state index in [1.165, 1.54) is 0 Å². The first-order valence-electron chi connectivity index (χ1n) is 8.33. The van der Waals surface area contributed by atoms with Crippen LogP contribution in [0.1, 0.15) is 28.7 Å². The van der Waals surface area contributed by atoms with Crippen LogP contribution in [0.2, 0.25) is 5.02 Å². The quantitative estimate of drug-likeness (QED) is 0.551. The SMILES string of the molecule is Cc1cn(-c2cc(Cl)ccc2C(N)c2ccccc2)c(C=NN(C)C)n1. The molecular formula is C20H22ClN5. The Morgan fingerprint density at radius 1 is 1.19 bits per heavy atom. The van der Waals surface area contributed by atoms with E-state index in [1.54, 1.807) is 11.2 Å². The average Bonchev–Trinajstić information content (AvgIpc) is 3.00. The molecule has 0 aliphatic rings. The van der Waals surface area contributed by atoms with Crippen LogP contribution in [0, 0.1) is 6.92 Å². The summed E-state index contributed by atoms with van der Waals surface area (Å²) in [5.41, 5.74) is 10.4. The predicted octanol–water partition coefficient (Wildman–Crippen LogP) is 3.78. The van der Waals surface area contributed by atoms with E-state index in [0.717, 1.165) is 28.3 Å². The van der Waals surface area contributed by atoms with Crippen LogP contribution in [0.15, 0.2) is 59.8 Å². The molecule has 6 heteroatoms. The summed E-state index contributed by atoms with van der Waals surface area (Å²) in [5, 5.41) is 6.68. The minimum absolute atomic E-state index is 0.273. The molecule has 0 saturated heterocycles. The van der Waals surface area contributed by atoms with Crippen molar-refractivity contribution in [2.45, 2.75) is 13.0 Å². The van der Waals surface area contributed by atoms with Gasteiger partial charge in [-0.25, -0.2) is 4.98 Å². The Hall–Kier alpha value is -2.63. The Morgan fingerprint density at radius 2 is 1.92 bits per heavy atom. The molecule has 0 fully saturated rings. The fourth-order valence-electron chi connectivity index (χ4n) is 2.80. The number of imidazole rings is 1. The molecule has 1 unspecified atom stereocenters. The number of rotatable bonds is 5. The van der Waals surface area contributed by atoms with Gasteiger partial charge in [0.05, 0.1) is 23.6 Å². The molecule has 5 nitrogen and oxygen atoms in total. The molecule has 0 spiro atoms. The van der Waals surface area contributed by atoms with E-state index >= 15 is 0 Å². The van der Waals surface area contributed by atoms with Crippen molar-refractivity contribution in [1.82, 2.24) is 14.6 Å². The second-order valence-corrected chi connectivity index (χ2v) is 6.73. The number of benzene rings is 2. The summed E-state index contributed by atoms with van der Waals surface area (Å²) < 4.78 is 1.98. The van der Waals surface area contributed by atoms with Crippen molar-refractivity contribution >= 4 is 17.8 Å². The van der Waals surface area contributed by atoms with Gasteiger partial charge in [0.15, 0.2) is 5.82 Å². The Balaban J connectivity index is 2.13. The third kappa shape index (κ3) is 3.95. The molecular weight excluding hydrogens is 346 g/mol. The number of halogens is 1. The molecule has 0 amide bonds. The fourth-order valence-corrected chi connectivity index (χ4v) is 2.96. The maximum Gasteiger partial charge on any atom is 0.157 e. The minimum atomic E-state index is -0.273. The molecule has 1 heterocycles. The predicted molar refractivity (Wildman–Crippen MR) is 107 cm³/mol. The summed E-state index contributed by atoms with van der Waals surface area (Å²) in [5.74, 6) is 0.722. The zero-order valence-electron chi connectivity index (χ0n) is 15.1. The van der Waals surface area contributed by atoms with Gasteiger partial charge in [0.2, 0.25) is 0 Å². The van der Waals surface area contributed by atoms with Gasteiger partial charge in [0.25, 0.3) is 0 Å². The molecule has 3 rings (SSSR count). The summed E-state index contributed by atoms with van der Waals surface area (Å²) in [6, 6.07) is 15.5. The highest BCUT2D eigenvalue weighted by molar-refractivity contribution is 6.30. The lowest BCUT2D eigenvalue weighted by Crippen LogP contribution is -2.15. The van der Waals surface area contributed by atoms with Crippen molar-refractivity contribution in [2.24, 2.45) is 10.8 Å². The van der Waals surface area contributed by atoms with Crippen LogP contribution in [0.5, 0.6) is 0 Å². The lowest BCUT2D eigenvalue weighted by atomic mass is 9.98. The van der Waals surface area contributed by atoms with Gasteiger partial charge < -0.3 is 10.7 Å². The largest absolute Gasteiger partial charge is 0.320 e. The van der Waals surface area contributed by atoms with Crippen LogP contribution in [0.4, 0.5) is 0 Å². The topological polar surface area (TPSA) is 59.4 Å². The maximum atomic E-state index is 6.56.